The van der Waals surface area contributed by atoms with Crippen LogP contribution in [0.15, 0.2) is 16.9 Å². The van der Waals surface area contributed by atoms with E-state index >= 15 is 0 Å². The van der Waals surface area contributed by atoms with Gasteiger partial charge in [-0.3, -0.25) is 4.98 Å². The van der Waals surface area contributed by atoms with E-state index in [1.54, 1.807) is 12.4 Å². The molecule has 0 saturated carbocycles. The van der Waals surface area contributed by atoms with Gasteiger partial charge in [0.2, 0.25) is 0 Å². The summed E-state index contributed by atoms with van der Waals surface area (Å²) in [6.45, 7) is 8.49. The summed E-state index contributed by atoms with van der Waals surface area (Å²) in [6, 6.07) is 0. The van der Waals surface area contributed by atoms with E-state index < -0.39 is 0 Å². The number of hydrogen-bond acceptors (Lipinski definition) is 3. The third-order valence-corrected chi connectivity index (χ3v) is 2.76. The van der Waals surface area contributed by atoms with Crippen LogP contribution in [0.2, 0.25) is 0 Å². The van der Waals surface area contributed by atoms with E-state index in [-0.39, 0.29) is 0 Å². The molecule has 15 heavy (non-hydrogen) atoms. The van der Waals surface area contributed by atoms with Crippen LogP contribution in [-0.4, -0.2) is 18.1 Å². The fourth-order valence-corrected chi connectivity index (χ4v) is 2.19. The van der Waals surface area contributed by atoms with Crippen molar-refractivity contribution in [1.82, 2.24) is 4.98 Å². The number of hydrogen-bond donors (Lipinski definition) is 1. The summed E-state index contributed by atoms with van der Waals surface area (Å²) in [6.07, 6.45) is 3.48. The van der Waals surface area contributed by atoms with Gasteiger partial charge in [0, 0.05) is 19.3 Å². The smallest absolute Gasteiger partial charge is 0.0776 e. The molecule has 0 bridgehead atoms. The Morgan fingerprint density at radius 3 is 2.60 bits per heavy atom. The number of nitrogens with zero attached hydrogens (tertiary/aromatic N) is 2. The van der Waals surface area contributed by atoms with E-state index in [4.69, 9.17) is 5.73 Å². The maximum absolute atomic E-state index is 5.94. The molecule has 0 spiro atoms. The van der Waals surface area contributed by atoms with Gasteiger partial charge in [0.1, 0.15) is 0 Å². The molecule has 1 aromatic heterocycles. The van der Waals surface area contributed by atoms with Gasteiger partial charge in [-0.25, -0.2) is 0 Å². The molecule has 0 aromatic carbocycles. The first-order valence-corrected chi connectivity index (χ1v) is 5.99. The molecule has 1 aromatic rings. The summed E-state index contributed by atoms with van der Waals surface area (Å²) in [5.41, 5.74) is 7.72. The van der Waals surface area contributed by atoms with E-state index in [9.17, 15) is 0 Å². The van der Waals surface area contributed by atoms with Crippen molar-refractivity contribution in [3.63, 3.8) is 0 Å². The maximum atomic E-state index is 5.94. The highest BCUT2D eigenvalue weighted by Crippen LogP contribution is 2.31. The first-order valence-electron chi connectivity index (χ1n) is 5.20. The van der Waals surface area contributed by atoms with Crippen molar-refractivity contribution in [2.45, 2.75) is 20.8 Å². The van der Waals surface area contributed by atoms with Crippen LogP contribution in [0, 0.1) is 5.92 Å². The molecule has 84 valence electrons. The van der Waals surface area contributed by atoms with Crippen molar-refractivity contribution in [2.75, 3.05) is 23.7 Å². The first kappa shape index (κ1) is 12.3. The Morgan fingerprint density at radius 2 is 2.13 bits per heavy atom. The molecule has 4 heteroatoms. The van der Waals surface area contributed by atoms with Gasteiger partial charge in [0.25, 0.3) is 0 Å². The number of halogens is 1. The minimum absolute atomic E-state index is 0.615. The number of rotatable bonds is 4. The lowest BCUT2D eigenvalue weighted by Crippen LogP contribution is -2.28. The normalized spacial score (nSPS) is 10.7. The monoisotopic (exact) mass is 271 g/mol. The lowest BCUT2D eigenvalue weighted by Gasteiger charge is -2.27. The van der Waals surface area contributed by atoms with Crippen LogP contribution in [0.1, 0.15) is 20.8 Å². The van der Waals surface area contributed by atoms with Crippen LogP contribution in [-0.2, 0) is 0 Å². The minimum Gasteiger partial charge on any atom is -0.396 e. The Kier molecular flexibility index (Phi) is 4.39. The molecule has 1 rings (SSSR count). The SMILES string of the molecule is CCN(CC(C)C)c1c(N)cncc1Br. The minimum atomic E-state index is 0.615. The van der Waals surface area contributed by atoms with Crippen LogP contribution in [0.3, 0.4) is 0 Å². The lowest BCUT2D eigenvalue weighted by atomic mass is 10.2. The highest BCUT2D eigenvalue weighted by Gasteiger charge is 2.13. The molecule has 1 heterocycles. The summed E-state index contributed by atoms with van der Waals surface area (Å²) in [4.78, 5) is 6.31. The van der Waals surface area contributed by atoms with Gasteiger partial charge >= 0.3 is 0 Å². The van der Waals surface area contributed by atoms with Gasteiger partial charge in [-0.2, -0.15) is 0 Å². The second kappa shape index (κ2) is 5.35. The fraction of sp³-hybridized carbons (Fsp3) is 0.545. The topological polar surface area (TPSA) is 42.1 Å². The zero-order valence-corrected chi connectivity index (χ0v) is 11.1. The van der Waals surface area contributed by atoms with Crippen LogP contribution in [0.4, 0.5) is 11.4 Å². The molecule has 0 fully saturated rings. The zero-order chi connectivity index (χ0) is 11.4. The van der Waals surface area contributed by atoms with Crippen molar-refractivity contribution >= 4 is 27.3 Å². The predicted molar refractivity (Wildman–Crippen MR) is 69.1 cm³/mol. The van der Waals surface area contributed by atoms with Gasteiger partial charge < -0.3 is 10.6 Å². The summed E-state index contributed by atoms with van der Waals surface area (Å²) >= 11 is 3.49. The summed E-state index contributed by atoms with van der Waals surface area (Å²) in [5, 5.41) is 0. The third kappa shape index (κ3) is 3.09. The zero-order valence-electron chi connectivity index (χ0n) is 9.50. The van der Waals surface area contributed by atoms with Crippen LogP contribution >= 0.6 is 15.9 Å². The number of aromatic nitrogens is 1. The molecule has 0 aliphatic rings. The highest BCUT2D eigenvalue weighted by atomic mass is 79.9. The molecular weight excluding hydrogens is 254 g/mol. The second-order valence-corrected chi connectivity index (χ2v) is 4.85. The first-order chi connectivity index (χ1) is 7.06. The van der Waals surface area contributed by atoms with Crippen molar-refractivity contribution in [3.05, 3.63) is 16.9 Å². The third-order valence-electron chi connectivity index (χ3n) is 2.18. The highest BCUT2D eigenvalue weighted by molar-refractivity contribution is 9.10. The van der Waals surface area contributed by atoms with Gasteiger partial charge in [0.15, 0.2) is 0 Å². The predicted octanol–water partition coefficient (Wildman–Crippen LogP) is 2.91. The van der Waals surface area contributed by atoms with Gasteiger partial charge in [0.05, 0.1) is 22.0 Å². The molecule has 0 amide bonds. The van der Waals surface area contributed by atoms with E-state index in [1.165, 1.54) is 0 Å². The largest absolute Gasteiger partial charge is 0.396 e. The van der Waals surface area contributed by atoms with Gasteiger partial charge in [-0.1, -0.05) is 13.8 Å². The Morgan fingerprint density at radius 1 is 1.47 bits per heavy atom. The molecule has 0 saturated heterocycles. The molecule has 0 unspecified atom stereocenters. The van der Waals surface area contributed by atoms with Gasteiger partial charge in [-0.05, 0) is 28.8 Å². The number of anilines is 2. The lowest BCUT2D eigenvalue weighted by molar-refractivity contribution is 0.618. The van der Waals surface area contributed by atoms with Crippen molar-refractivity contribution < 1.29 is 0 Å². The molecular formula is C11H18BrN3. The number of nitrogens with two attached hydrogens (primary N) is 1. The summed E-state index contributed by atoms with van der Waals surface area (Å²) < 4.78 is 0.963. The number of pyridine rings is 1. The van der Waals surface area contributed by atoms with E-state index in [1.807, 2.05) is 0 Å². The maximum Gasteiger partial charge on any atom is 0.0776 e. The molecule has 2 N–H and O–H groups in total. The van der Waals surface area contributed by atoms with Crippen molar-refractivity contribution in [3.8, 4) is 0 Å². The standard InChI is InChI=1S/C11H18BrN3/c1-4-15(7-8(2)3)11-9(12)5-14-6-10(11)13/h5-6,8H,4,7,13H2,1-3H3. The number of nitrogen functional groups attached to an aromatic ring is 1. The molecule has 0 atom stereocenters. The molecule has 0 radical (unpaired) electrons. The quantitative estimate of drug-likeness (QED) is 0.916. The summed E-state index contributed by atoms with van der Waals surface area (Å²) in [5.74, 6) is 0.615. The summed E-state index contributed by atoms with van der Waals surface area (Å²) in [7, 11) is 0. The average molecular weight is 272 g/mol. The van der Waals surface area contributed by atoms with Crippen molar-refractivity contribution in [1.29, 1.82) is 0 Å². The Hall–Kier alpha value is -0.770. The van der Waals surface area contributed by atoms with E-state index in [0.717, 1.165) is 28.9 Å². The van der Waals surface area contributed by atoms with Crippen LogP contribution in [0.25, 0.3) is 0 Å². The van der Waals surface area contributed by atoms with E-state index in [0.29, 0.717) is 5.92 Å². The second-order valence-electron chi connectivity index (χ2n) is 3.99. The van der Waals surface area contributed by atoms with Crippen LogP contribution < -0.4 is 10.6 Å². The molecule has 0 aliphatic heterocycles. The van der Waals surface area contributed by atoms with Gasteiger partial charge in [-0.15, -0.1) is 0 Å². The Bertz CT molecular complexity index is 305. The fourth-order valence-electron chi connectivity index (χ4n) is 1.60. The molecule has 0 aliphatic carbocycles. The van der Waals surface area contributed by atoms with Crippen molar-refractivity contribution in [2.24, 2.45) is 5.92 Å². The van der Waals surface area contributed by atoms with Crippen LogP contribution in [0.5, 0.6) is 0 Å². The average Bonchev–Trinajstić information content (AvgIpc) is 2.15. The Balaban J connectivity index is 3.00. The Labute approximate surface area is 99.8 Å². The molecule has 3 nitrogen and oxygen atoms in total. The van der Waals surface area contributed by atoms with E-state index in [2.05, 4.69) is 46.6 Å².